The van der Waals surface area contributed by atoms with Crippen LogP contribution in [0.25, 0.3) is 0 Å². The first-order valence-corrected chi connectivity index (χ1v) is 10.4. The molecule has 3 rings (SSSR count). The normalized spacial score (nSPS) is 16.0. The predicted molar refractivity (Wildman–Crippen MR) is 103 cm³/mol. The molecule has 0 saturated carbocycles. The Morgan fingerprint density at radius 3 is 2.44 bits per heavy atom. The minimum atomic E-state index is -3.73. The molecule has 0 bridgehead atoms. The number of aryl methyl sites for hydroxylation is 2. The number of sulfonamides is 1. The fraction of sp³-hybridized carbons (Fsp3) is 0.333. The Balaban J connectivity index is 1.76. The maximum atomic E-state index is 12.9. The second kappa shape index (κ2) is 7.63. The number of benzene rings is 2. The standard InChI is InChI=1S/C21H22N2O3S/c1-15-7-8-16(2)19(13-15)21(24)17-9-11-23(12-10-17)27(25,26)20-6-4-3-5-18(20)14-22/h3-8,13,17H,9-12H2,1-2H3. The third kappa shape index (κ3) is 3.80. The summed E-state index contributed by atoms with van der Waals surface area (Å²) in [6, 6.07) is 14.0. The van der Waals surface area contributed by atoms with Gasteiger partial charge in [0.15, 0.2) is 5.78 Å². The van der Waals surface area contributed by atoms with Gasteiger partial charge in [0, 0.05) is 24.6 Å². The van der Waals surface area contributed by atoms with Crippen molar-refractivity contribution >= 4 is 15.8 Å². The third-order valence-corrected chi connectivity index (χ3v) is 7.07. The van der Waals surface area contributed by atoms with Crippen LogP contribution in [-0.4, -0.2) is 31.6 Å². The molecule has 6 heteroatoms. The highest BCUT2D eigenvalue weighted by Crippen LogP contribution is 2.28. The van der Waals surface area contributed by atoms with Crippen molar-refractivity contribution in [2.24, 2.45) is 5.92 Å². The molecule has 0 radical (unpaired) electrons. The highest BCUT2D eigenvalue weighted by Gasteiger charge is 2.33. The third-order valence-electron chi connectivity index (χ3n) is 5.11. The lowest BCUT2D eigenvalue weighted by Crippen LogP contribution is -2.40. The van der Waals surface area contributed by atoms with Crippen LogP contribution in [0.4, 0.5) is 0 Å². The summed E-state index contributed by atoms with van der Waals surface area (Å²) >= 11 is 0. The van der Waals surface area contributed by atoms with Gasteiger partial charge >= 0.3 is 0 Å². The van der Waals surface area contributed by atoms with Crippen LogP contribution in [0.3, 0.4) is 0 Å². The minimum Gasteiger partial charge on any atom is -0.294 e. The molecule has 2 aromatic rings. The topological polar surface area (TPSA) is 78.2 Å². The Hall–Kier alpha value is -2.49. The van der Waals surface area contributed by atoms with Crippen molar-refractivity contribution in [3.63, 3.8) is 0 Å². The summed E-state index contributed by atoms with van der Waals surface area (Å²) in [5, 5.41) is 9.19. The van der Waals surface area contributed by atoms with E-state index in [4.69, 9.17) is 0 Å². The Kier molecular flexibility index (Phi) is 5.45. The summed E-state index contributed by atoms with van der Waals surface area (Å²) in [6.45, 7) is 4.44. The van der Waals surface area contributed by atoms with Crippen LogP contribution in [-0.2, 0) is 10.0 Å². The van der Waals surface area contributed by atoms with Gasteiger partial charge in [-0.3, -0.25) is 4.79 Å². The SMILES string of the molecule is Cc1ccc(C)c(C(=O)C2CCN(S(=O)(=O)c3ccccc3C#N)CC2)c1. The molecule has 0 N–H and O–H groups in total. The first-order chi connectivity index (χ1) is 12.8. The van der Waals surface area contributed by atoms with Crippen molar-refractivity contribution in [3.8, 4) is 6.07 Å². The summed E-state index contributed by atoms with van der Waals surface area (Å²) in [6.07, 6.45) is 0.973. The van der Waals surface area contributed by atoms with Crippen molar-refractivity contribution in [1.29, 1.82) is 5.26 Å². The molecule has 140 valence electrons. The van der Waals surface area contributed by atoms with Gasteiger partial charge in [0.2, 0.25) is 10.0 Å². The van der Waals surface area contributed by atoms with Gasteiger partial charge in [-0.2, -0.15) is 9.57 Å². The van der Waals surface area contributed by atoms with Crippen molar-refractivity contribution in [3.05, 3.63) is 64.7 Å². The molecule has 0 aliphatic carbocycles. The zero-order chi connectivity index (χ0) is 19.6. The van der Waals surface area contributed by atoms with Gasteiger partial charge in [-0.15, -0.1) is 0 Å². The molecular formula is C21H22N2O3S. The van der Waals surface area contributed by atoms with E-state index in [-0.39, 0.29) is 35.2 Å². The van der Waals surface area contributed by atoms with Gasteiger partial charge in [0.05, 0.1) is 10.5 Å². The number of hydrogen-bond acceptors (Lipinski definition) is 4. The molecule has 1 heterocycles. The molecule has 0 aromatic heterocycles. The molecule has 0 unspecified atom stereocenters. The monoisotopic (exact) mass is 382 g/mol. The largest absolute Gasteiger partial charge is 0.294 e. The van der Waals surface area contributed by atoms with E-state index in [0.717, 1.165) is 16.7 Å². The fourth-order valence-corrected chi connectivity index (χ4v) is 5.11. The fourth-order valence-electron chi connectivity index (χ4n) is 3.50. The predicted octanol–water partition coefficient (Wildman–Crippen LogP) is 3.46. The van der Waals surface area contributed by atoms with E-state index < -0.39 is 10.0 Å². The number of rotatable bonds is 4. The van der Waals surface area contributed by atoms with E-state index >= 15 is 0 Å². The van der Waals surface area contributed by atoms with E-state index in [1.54, 1.807) is 12.1 Å². The number of Topliss-reactive ketones (excluding diaryl/α,β-unsaturated/α-hetero) is 1. The van der Waals surface area contributed by atoms with Crippen molar-refractivity contribution < 1.29 is 13.2 Å². The second-order valence-corrected chi connectivity index (χ2v) is 8.88. The number of nitrogens with zero attached hydrogens (tertiary/aromatic N) is 2. The van der Waals surface area contributed by atoms with Gasteiger partial charge in [0.25, 0.3) is 0 Å². The summed E-state index contributed by atoms with van der Waals surface area (Å²) < 4.78 is 27.2. The molecule has 0 atom stereocenters. The molecule has 1 aliphatic heterocycles. The zero-order valence-electron chi connectivity index (χ0n) is 15.5. The minimum absolute atomic E-state index is 0.0341. The van der Waals surface area contributed by atoms with Gasteiger partial charge < -0.3 is 0 Å². The van der Waals surface area contributed by atoms with Crippen LogP contribution in [0.2, 0.25) is 0 Å². The molecule has 27 heavy (non-hydrogen) atoms. The zero-order valence-corrected chi connectivity index (χ0v) is 16.3. The molecule has 2 aromatic carbocycles. The number of nitriles is 1. The Labute approximate surface area is 160 Å². The number of carbonyl (C=O) groups is 1. The summed E-state index contributed by atoms with van der Waals surface area (Å²) in [5.41, 5.74) is 2.86. The number of piperidine rings is 1. The maximum Gasteiger partial charge on any atom is 0.244 e. The van der Waals surface area contributed by atoms with Crippen LogP contribution < -0.4 is 0 Å². The van der Waals surface area contributed by atoms with Crippen LogP contribution in [0, 0.1) is 31.1 Å². The first-order valence-electron chi connectivity index (χ1n) is 8.95. The lowest BCUT2D eigenvalue weighted by molar-refractivity contribution is 0.0874. The smallest absolute Gasteiger partial charge is 0.244 e. The number of carbonyl (C=O) groups excluding carboxylic acids is 1. The van der Waals surface area contributed by atoms with Crippen LogP contribution in [0.15, 0.2) is 47.4 Å². The lowest BCUT2D eigenvalue weighted by Gasteiger charge is -2.31. The van der Waals surface area contributed by atoms with Crippen molar-refractivity contribution in [2.45, 2.75) is 31.6 Å². The molecule has 1 fully saturated rings. The Morgan fingerprint density at radius 2 is 1.78 bits per heavy atom. The summed E-state index contributed by atoms with van der Waals surface area (Å²) in [7, 11) is -3.73. The van der Waals surface area contributed by atoms with Gasteiger partial charge in [-0.05, 0) is 50.5 Å². The van der Waals surface area contributed by atoms with Crippen LogP contribution in [0.5, 0.6) is 0 Å². The second-order valence-electron chi connectivity index (χ2n) is 6.97. The highest BCUT2D eigenvalue weighted by molar-refractivity contribution is 7.89. The van der Waals surface area contributed by atoms with E-state index in [1.807, 2.05) is 38.1 Å². The average Bonchev–Trinajstić information content (AvgIpc) is 2.69. The number of ketones is 1. The van der Waals surface area contributed by atoms with E-state index in [1.165, 1.54) is 16.4 Å². The number of hydrogen-bond donors (Lipinski definition) is 0. The molecule has 5 nitrogen and oxygen atoms in total. The summed E-state index contributed by atoms with van der Waals surface area (Å²) in [4.78, 5) is 12.9. The Morgan fingerprint density at radius 1 is 1.11 bits per heavy atom. The highest BCUT2D eigenvalue weighted by atomic mass is 32.2. The van der Waals surface area contributed by atoms with Gasteiger partial charge in [0.1, 0.15) is 6.07 Å². The van der Waals surface area contributed by atoms with Crippen molar-refractivity contribution in [1.82, 2.24) is 4.31 Å². The summed E-state index contributed by atoms with van der Waals surface area (Å²) in [5.74, 6) is -0.0890. The Bertz CT molecular complexity index is 1010. The average molecular weight is 382 g/mol. The van der Waals surface area contributed by atoms with Crippen LogP contribution >= 0.6 is 0 Å². The van der Waals surface area contributed by atoms with Gasteiger partial charge in [-0.25, -0.2) is 8.42 Å². The van der Waals surface area contributed by atoms with E-state index in [0.29, 0.717) is 12.8 Å². The van der Waals surface area contributed by atoms with E-state index in [9.17, 15) is 18.5 Å². The quantitative estimate of drug-likeness (QED) is 0.759. The molecular weight excluding hydrogens is 360 g/mol. The molecule has 1 saturated heterocycles. The molecule has 0 spiro atoms. The van der Waals surface area contributed by atoms with Crippen LogP contribution in [0.1, 0.15) is 39.9 Å². The molecule has 1 aliphatic rings. The van der Waals surface area contributed by atoms with Gasteiger partial charge in [-0.1, -0.05) is 29.8 Å². The van der Waals surface area contributed by atoms with Crippen molar-refractivity contribution in [2.75, 3.05) is 13.1 Å². The molecule has 0 amide bonds. The lowest BCUT2D eigenvalue weighted by atomic mass is 9.87. The van der Waals surface area contributed by atoms with E-state index in [2.05, 4.69) is 0 Å². The maximum absolute atomic E-state index is 12.9. The first kappa shape index (κ1) is 19.3.